The number of ketones is 1. The molecule has 110 valence electrons. The highest BCUT2D eigenvalue weighted by Gasteiger charge is 2.51. The second kappa shape index (κ2) is 5.19. The first kappa shape index (κ1) is 15.6. The van der Waals surface area contributed by atoms with Gasteiger partial charge in [0.1, 0.15) is 6.07 Å². The van der Waals surface area contributed by atoms with Crippen molar-refractivity contribution >= 4 is 5.78 Å². The molecule has 1 saturated carbocycles. The van der Waals surface area contributed by atoms with Crippen molar-refractivity contribution in [3.05, 3.63) is 23.3 Å². The smallest absolute Gasteiger partial charge is 0.196 e. The Morgan fingerprint density at radius 3 is 2.67 bits per heavy atom. The van der Waals surface area contributed by atoms with Crippen LogP contribution in [-0.2, 0) is 4.79 Å². The molecule has 0 heterocycles. The van der Waals surface area contributed by atoms with Crippen molar-refractivity contribution in [3.8, 4) is 18.4 Å². The van der Waals surface area contributed by atoms with Crippen molar-refractivity contribution in [1.82, 2.24) is 0 Å². The van der Waals surface area contributed by atoms with Crippen LogP contribution in [0.15, 0.2) is 23.3 Å². The molecule has 2 rings (SSSR count). The van der Waals surface area contributed by atoms with E-state index >= 15 is 0 Å². The predicted molar refractivity (Wildman–Crippen MR) is 84.0 cm³/mol. The summed E-state index contributed by atoms with van der Waals surface area (Å²) < 4.78 is 0. The maximum absolute atomic E-state index is 12.2. The van der Waals surface area contributed by atoms with Crippen molar-refractivity contribution in [3.63, 3.8) is 0 Å². The first-order valence-electron chi connectivity index (χ1n) is 7.72. The third-order valence-corrected chi connectivity index (χ3v) is 5.61. The first-order valence-corrected chi connectivity index (χ1v) is 7.72. The lowest BCUT2D eigenvalue weighted by molar-refractivity contribution is -0.111. The summed E-state index contributed by atoms with van der Waals surface area (Å²) in [5.74, 6) is 3.77. The maximum Gasteiger partial charge on any atom is 0.196 e. The molecule has 0 radical (unpaired) electrons. The molecule has 0 aromatic rings. The zero-order valence-electron chi connectivity index (χ0n) is 13.4. The van der Waals surface area contributed by atoms with Crippen LogP contribution in [0.5, 0.6) is 0 Å². The Labute approximate surface area is 127 Å². The normalized spacial score (nSPS) is 35.4. The van der Waals surface area contributed by atoms with Gasteiger partial charge in [0, 0.05) is 0 Å². The summed E-state index contributed by atoms with van der Waals surface area (Å²) in [5, 5.41) is 9.15. The van der Waals surface area contributed by atoms with Crippen LogP contribution in [-0.4, -0.2) is 5.78 Å². The summed E-state index contributed by atoms with van der Waals surface area (Å²) in [6.07, 6.45) is 12.1. The lowest BCUT2D eigenvalue weighted by atomic mass is 9.50. The molecule has 2 nitrogen and oxygen atoms in total. The second-order valence-electron chi connectivity index (χ2n) is 6.87. The van der Waals surface area contributed by atoms with Gasteiger partial charge in [-0.1, -0.05) is 33.6 Å². The fourth-order valence-electron chi connectivity index (χ4n) is 4.32. The molecule has 2 aliphatic carbocycles. The van der Waals surface area contributed by atoms with Gasteiger partial charge in [-0.2, -0.15) is 5.26 Å². The molecule has 0 aromatic carbocycles. The summed E-state index contributed by atoms with van der Waals surface area (Å²) in [6, 6.07) is 2.00. The van der Waals surface area contributed by atoms with E-state index in [2.05, 4.69) is 33.6 Å². The molecule has 2 heteroatoms. The van der Waals surface area contributed by atoms with Crippen LogP contribution >= 0.6 is 0 Å². The Morgan fingerprint density at radius 1 is 1.52 bits per heavy atom. The highest BCUT2D eigenvalue weighted by molar-refractivity contribution is 6.09. The molecule has 0 aliphatic heterocycles. The van der Waals surface area contributed by atoms with E-state index in [4.69, 9.17) is 11.7 Å². The number of carbonyl (C=O) groups is 1. The van der Waals surface area contributed by atoms with Crippen LogP contribution in [0.1, 0.15) is 47.0 Å². The fraction of sp³-hybridized carbons (Fsp3) is 0.579. The number of hydrogen-bond donors (Lipinski definition) is 0. The number of carbonyl (C=O) groups excluding carboxylic acids is 1. The Kier molecular flexibility index (Phi) is 3.85. The number of rotatable bonds is 2. The molecule has 0 spiro atoms. The van der Waals surface area contributed by atoms with Crippen LogP contribution in [0.3, 0.4) is 0 Å². The van der Waals surface area contributed by atoms with Crippen LogP contribution in [0.2, 0.25) is 0 Å². The molecule has 21 heavy (non-hydrogen) atoms. The third-order valence-electron chi connectivity index (χ3n) is 5.61. The zero-order valence-corrected chi connectivity index (χ0v) is 13.4. The van der Waals surface area contributed by atoms with Gasteiger partial charge in [0.25, 0.3) is 0 Å². The minimum absolute atomic E-state index is 0.0774. The van der Waals surface area contributed by atoms with E-state index in [1.54, 1.807) is 12.2 Å². The van der Waals surface area contributed by atoms with Gasteiger partial charge in [-0.25, -0.2) is 0 Å². The largest absolute Gasteiger partial charge is 0.288 e. The van der Waals surface area contributed by atoms with Gasteiger partial charge in [0.2, 0.25) is 0 Å². The van der Waals surface area contributed by atoms with Gasteiger partial charge >= 0.3 is 0 Å². The summed E-state index contributed by atoms with van der Waals surface area (Å²) in [7, 11) is 0. The molecule has 0 unspecified atom stereocenters. The lowest BCUT2D eigenvalue weighted by Gasteiger charge is -2.52. The van der Waals surface area contributed by atoms with Crippen LogP contribution in [0.4, 0.5) is 0 Å². The predicted octanol–water partition coefficient (Wildman–Crippen LogP) is 4.05. The molecule has 0 N–H and O–H groups in total. The summed E-state index contributed by atoms with van der Waals surface area (Å²) in [6.45, 7) is 8.87. The summed E-state index contributed by atoms with van der Waals surface area (Å²) in [5.41, 5.74) is 0.619. The van der Waals surface area contributed by atoms with E-state index in [0.29, 0.717) is 11.8 Å². The molecule has 0 saturated heterocycles. The molecule has 0 amide bonds. The Bertz CT molecular complexity index is 610. The number of nitriles is 1. The topological polar surface area (TPSA) is 40.9 Å². The Morgan fingerprint density at radius 2 is 2.19 bits per heavy atom. The Hall–Kier alpha value is -1.80. The molecule has 2 aliphatic rings. The summed E-state index contributed by atoms with van der Waals surface area (Å²) in [4.78, 5) is 12.2. The molecule has 0 aromatic heterocycles. The van der Waals surface area contributed by atoms with Gasteiger partial charge in [0.05, 0.1) is 11.0 Å². The first-order chi connectivity index (χ1) is 9.84. The Balaban J connectivity index is 2.63. The van der Waals surface area contributed by atoms with Gasteiger partial charge < -0.3 is 0 Å². The van der Waals surface area contributed by atoms with Crippen LogP contribution in [0, 0.1) is 46.3 Å². The number of fused-ring (bicyclic) bond motifs is 1. The van der Waals surface area contributed by atoms with Crippen molar-refractivity contribution in [2.24, 2.45) is 22.7 Å². The van der Waals surface area contributed by atoms with Crippen molar-refractivity contribution < 1.29 is 4.79 Å². The highest BCUT2D eigenvalue weighted by Crippen LogP contribution is 2.59. The van der Waals surface area contributed by atoms with E-state index < -0.39 is 5.41 Å². The lowest BCUT2D eigenvalue weighted by Crippen LogP contribution is -2.45. The number of hydrogen-bond acceptors (Lipinski definition) is 2. The zero-order chi connectivity index (χ0) is 15.8. The number of allylic oxidation sites excluding steroid dienone is 4. The van der Waals surface area contributed by atoms with Gasteiger partial charge in [-0.15, -0.1) is 6.42 Å². The average molecular weight is 281 g/mol. The van der Waals surface area contributed by atoms with Gasteiger partial charge in [0.15, 0.2) is 5.78 Å². The monoisotopic (exact) mass is 281 g/mol. The standard InChI is InChI=1S/C19H23NO/c1-6-18(5)15(13(3)4)8-9-19(7-2)11-14(12-20)16(21)10-17(18)19/h2,10-11,13,15H,6,8-9H2,1,3-5H3/t15-,18-,19-/m0/s1. The maximum atomic E-state index is 12.2. The molecular weight excluding hydrogens is 258 g/mol. The second-order valence-corrected chi connectivity index (χ2v) is 6.87. The minimum atomic E-state index is -0.547. The van der Waals surface area contributed by atoms with E-state index in [1.165, 1.54) is 0 Å². The highest BCUT2D eigenvalue weighted by atomic mass is 16.1. The fourth-order valence-corrected chi connectivity index (χ4v) is 4.32. The van der Waals surface area contributed by atoms with E-state index in [-0.39, 0.29) is 16.8 Å². The molecule has 1 fully saturated rings. The van der Waals surface area contributed by atoms with Crippen molar-refractivity contribution in [2.75, 3.05) is 0 Å². The summed E-state index contributed by atoms with van der Waals surface area (Å²) >= 11 is 0. The number of terminal acetylenes is 1. The molecule has 0 bridgehead atoms. The van der Waals surface area contributed by atoms with Gasteiger partial charge in [-0.3, -0.25) is 4.79 Å². The molecule has 3 atom stereocenters. The average Bonchev–Trinajstić information content (AvgIpc) is 2.47. The third kappa shape index (κ3) is 2.14. The van der Waals surface area contributed by atoms with E-state index in [9.17, 15) is 4.79 Å². The molecular formula is C19H23NO. The van der Waals surface area contributed by atoms with E-state index in [1.807, 2.05) is 6.07 Å². The van der Waals surface area contributed by atoms with Crippen LogP contribution < -0.4 is 0 Å². The minimum Gasteiger partial charge on any atom is -0.288 e. The van der Waals surface area contributed by atoms with E-state index in [0.717, 1.165) is 24.8 Å². The number of nitrogens with zero attached hydrogens (tertiary/aromatic N) is 1. The van der Waals surface area contributed by atoms with Gasteiger partial charge in [-0.05, 0) is 54.2 Å². The van der Waals surface area contributed by atoms with Crippen molar-refractivity contribution in [2.45, 2.75) is 47.0 Å². The van der Waals surface area contributed by atoms with Crippen molar-refractivity contribution in [1.29, 1.82) is 5.26 Å². The quantitative estimate of drug-likeness (QED) is 0.716. The SMILES string of the molecule is C#C[C@]12C=C(C#N)C(=O)C=C1[C@@](C)(CC)[C@H](C(C)C)CC2. The van der Waals surface area contributed by atoms with Crippen LogP contribution in [0.25, 0.3) is 0 Å².